The summed E-state index contributed by atoms with van der Waals surface area (Å²) in [5.74, 6) is -0.204. The van der Waals surface area contributed by atoms with E-state index in [1.165, 1.54) is 25.4 Å². The van der Waals surface area contributed by atoms with Crippen LogP contribution in [0.25, 0.3) is 10.6 Å². The smallest absolute Gasteiger partial charge is 0.249 e. The molecular formula is C20H21ClN4O4S2. The number of ether oxygens (including phenoxy) is 1. The lowest BCUT2D eigenvalue weighted by atomic mass is 10.2. The molecule has 0 spiro atoms. The molecule has 11 heteroatoms. The van der Waals surface area contributed by atoms with Crippen molar-refractivity contribution in [3.63, 3.8) is 0 Å². The van der Waals surface area contributed by atoms with Gasteiger partial charge in [-0.2, -0.15) is 0 Å². The van der Waals surface area contributed by atoms with Crippen molar-refractivity contribution in [2.24, 2.45) is 0 Å². The molecule has 0 aliphatic rings. The van der Waals surface area contributed by atoms with Crippen LogP contribution in [0.2, 0.25) is 5.02 Å². The Hall–Kier alpha value is -2.69. The standard InChI is InChI=1S/C20H21ClN4O4S2/c1-12-5-10-17(29-3)16(11-12)25(31(4,27)28)13(2)18(26)22-20-24-23-19(30-20)14-6-8-15(21)9-7-14/h5-11,13H,1-4H3,(H,22,24,26)/t13-/m0/s1. The van der Waals surface area contributed by atoms with E-state index in [0.29, 0.717) is 15.8 Å². The van der Waals surface area contributed by atoms with Crippen molar-refractivity contribution in [1.82, 2.24) is 10.2 Å². The number of hydrogen-bond acceptors (Lipinski definition) is 7. The lowest BCUT2D eigenvalue weighted by molar-refractivity contribution is -0.116. The molecule has 0 radical (unpaired) electrons. The van der Waals surface area contributed by atoms with E-state index >= 15 is 0 Å². The van der Waals surface area contributed by atoms with Gasteiger partial charge in [0.25, 0.3) is 0 Å². The number of halogens is 1. The largest absolute Gasteiger partial charge is 0.495 e. The SMILES string of the molecule is COc1ccc(C)cc1N([C@@H](C)C(=O)Nc1nnc(-c2ccc(Cl)cc2)s1)S(C)(=O)=O. The number of carbonyl (C=O) groups is 1. The highest BCUT2D eigenvalue weighted by Gasteiger charge is 2.32. The first-order valence-electron chi connectivity index (χ1n) is 9.14. The van der Waals surface area contributed by atoms with E-state index < -0.39 is 22.0 Å². The highest BCUT2D eigenvalue weighted by molar-refractivity contribution is 7.92. The fourth-order valence-electron chi connectivity index (χ4n) is 2.95. The van der Waals surface area contributed by atoms with Gasteiger partial charge < -0.3 is 4.74 Å². The third-order valence-corrected chi connectivity index (χ3v) is 6.77. The van der Waals surface area contributed by atoms with Crippen LogP contribution in [0.1, 0.15) is 12.5 Å². The maximum absolute atomic E-state index is 12.9. The lowest BCUT2D eigenvalue weighted by Gasteiger charge is -2.29. The third kappa shape index (κ3) is 5.33. The maximum atomic E-state index is 12.9. The molecule has 1 N–H and O–H groups in total. The number of nitrogens with one attached hydrogen (secondary N) is 1. The van der Waals surface area contributed by atoms with Crippen LogP contribution in [0.5, 0.6) is 5.75 Å². The highest BCUT2D eigenvalue weighted by atomic mass is 35.5. The molecule has 8 nitrogen and oxygen atoms in total. The number of aryl methyl sites for hydroxylation is 1. The van der Waals surface area contributed by atoms with Gasteiger partial charge in [0.05, 0.1) is 19.1 Å². The van der Waals surface area contributed by atoms with E-state index in [2.05, 4.69) is 15.5 Å². The fourth-order valence-corrected chi connectivity index (χ4v) is 4.99. The third-order valence-electron chi connectivity index (χ3n) is 4.41. The summed E-state index contributed by atoms with van der Waals surface area (Å²) < 4.78 is 31.5. The molecule has 31 heavy (non-hydrogen) atoms. The Balaban J connectivity index is 1.86. The Labute approximate surface area is 189 Å². The van der Waals surface area contributed by atoms with E-state index in [1.54, 1.807) is 42.5 Å². The van der Waals surface area contributed by atoms with Gasteiger partial charge in [0, 0.05) is 10.6 Å². The Morgan fingerprint density at radius 1 is 1.19 bits per heavy atom. The quantitative estimate of drug-likeness (QED) is 0.549. The van der Waals surface area contributed by atoms with Gasteiger partial charge in [0.1, 0.15) is 16.8 Å². The number of benzene rings is 2. The van der Waals surface area contributed by atoms with Gasteiger partial charge in [-0.15, -0.1) is 10.2 Å². The minimum atomic E-state index is -3.80. The van der Waals surface area contributed by atoms with Crippen molar-refractivity contribution in [3.05, 3.63) is 53.1 Å². The number of aromatic nitrogens is 2. The van der Waals surface area contributed by atoms with Crippen molar-refractivity contribution in [2.45, 2.75) is 19.9 Å². The first-order chi connectivity index (χ1) is 14.6. The molecule has 0 aliphatic heterocycles. The van der Waals surface area contributed by atoms with Crippen molar-refractivity contribution in [2.75, 3.05) is 23.0 Å². The summed E-state index contributed by atoms with van der Waals surface area (Å²) in [7, 11) is -2.35. The monoisotopic (exact) mass is 480 g/mol. The minimum Gasteiger partial charge on any atom is -0.495 e. The minimum absolute atomic E-state index is 0.256. The van der Waals surface area contributed by atoms with Crippen LogP contribution in [0, 0.1) is 6.92 Å². The number of sulfonamides is 1. The summed E-state index contributed by atoms with van der Waals surface area (Å²) in [6, 6.07) is 11.1. The van der Waals surface area contributed by atoms with Crippen molar-refractivity contribution < 1.29 is 17.9 Å². The van der Waals surface area contributed by atoms with Crippen LogP contribution in [0.4, 0.5) is 10.8 Å². The zero-order chi connectivity index (χ0) is 22.8. The second kappa shape index (κ2) is 9.21. The van der Waals surface area contributed by atoms with E-state index in [-0.39, 0.29) is 10.8 Å². The lowest BCUT2D eigenvalue weighted by Crippen LogP contribution is -2.45. The summed E-state index contributed by atoms with van der Waals surface area (Å²) in [6.07, 6.45) is 1.04. The topological polar surface area (TPSA) is 101 Å². The Morgan fingerprint density at radius 2 is 1.87 bits per heavy atom. The molecular weight excluding hydrogens is 460 g/mol. The second-order valence-electron chi connectivity index (χ2n) is 6.82. The summed E-state index contributed by atoms with van der Waals surface area (Å²) >= 11 is 7.08. The first kappa shape index (κ1) is 23.0. The van der Waals surface area contributed by atoms with E-state index in [4.69, 9.17) is 16.3 Å². The second-order valence-corrected chi connectivity index (χ2v) is 10.1. The molecule has 2 aromatic carbocycles. The highest BCUT2D eigenvalue weighted by Crippen LogP contribution is 2.33. The molecule has 164 valence electrons. The van der Waals surface area contributed by atoms with Gasteiger partial charge in [-0.3, -0.25) is 14.4 Å². The Bertz CT molecular complexity index is 1200. The molecule has 0 fully saturated rings. The summed E-state index contributed by atoms with van der Waals surface area (Å²) in [4.78, 5) is 12.9. The zero-order valence-electron chi connectivity index (χ0n) is 17.3. The van der Waals surface area contributed by atoms with E-state index in [0.717, 1.165) is 21.7 Å². The van der Waals surface area contributed by atoms with Crippen LogP contribution in [-0.2, 0) is 14.8 Å². The molecule has 0 bridgehead atoms. The number of rotatable bonds is 7. The zero-order valence-corrected chi connectivity index (χ0v) is 19.7. The molecule has 1 atom stereocenters. The molecule has 0 saturated heterocycles. The molecule has 3 rings (SSSR count). The molecule has 1 aromatic heterocycles. The average molecular weight is 481 g/mol. The van der Waals surface area contributed by atoms with Gasteiger partial charge in [0.15, 0.2) is 0 Å². The van der Waals surface area contributed by atoms with E-state index in [9.17, 15) is 13.2 Å². The summed E-state index contributed by atoms with van der Waals surface area (Å²) in [5, 5.41) is 12.2. The molecule has 3 aromatic rings. The van der Waals surface area contributed by atoms with Crippen LogP contribution in [0.15, 0.2) is 42.5 Å². The van der Waals surface area contributed by atoms with Crippen LogP contribution >= 0.6 is 22.9 Å². The molecule has 0 unspecified atom stereocenters. The van der Waals surface area contributed by atoms with Gasteiger partial charge in [-0.25, -0.2) is 8.42 Å². The van der Waals surface area contributed by atoms with Gasteiger partial charge in [-0.1, -0.05) is 41.1 Å². The summed E-state index contributed by atoms with van der Waals surface area (Å²) in [5.41, 5.74) is 1.92. The Kier molecular flexibility index (Phi) is 6.83. The van der Waals surface area contributed by atoms with Crippen molar-refractivity contribution in [3.8, 4) is 16.3 Å². The van der Waals surface area contributed by atoms with Gasteiger partial charge >= 0.3 is 0 Å². The fraction of sp³-hybridized carbons (Fsp3) is 0.250. The van der Waals surface area contributed by atoms with Crippen LogP contribution in [-0.4, -0.2) is 43.9 Å². The van der Waals surface area contributed by atoms with Crippen LogP contribution in [0.3, 0.4) is 0 Å². The first-order valence-corrected chi connectivity index (χ1v) is 12.2. The van der Waals surface area contributed by atoms with Crippen molar-refractivity contribution in [1.29, 1.82) is 0 Å². The van der Waals surface area contributed by atoms with E-state index in [1.807, 2.05) is 6.92 Å². The summed E-state index contributed by atoms with van der Waals surface area (Å²) in [6.45, 7) is 3.33. The van der Waals surface area contributed by atoms with Crippen LogP contribution < -0.4 is 14.4 Å². The number of amides is 1. The normalized spacial score (nSPS) is 12.3. The number of methoxy groups -OCH3 is 1. The number of nitrogens with zero attached hydrogens (tertiary/aromatic N) is 3. The predicted octanol–water partition coefficient (Wildman–Crippen LogP) is 3.97. The van der Waals surface area contributed by atoms with Gasteiger partial charge in [0.2, 0.25) is 21.1 Å². The maximum Gasteiger partial charge on any atom is 0.249 e. The predicted molar refractivity (Wildman–Crippen MR) is 124 cm³/mol. The molecule has 1 heterocycles. The Morgan fingerprint density at radius 3 is 2.48 bits per heavy atom. The average Bonchev–Trinajstić information content (AvgIpc) is 3.16. The number of anilines is 2. The van der Waals surface area contributed by atoms with Crippen molar-refractivity contribution >= 4 is 49.7 Å². The number of hydrogen-bond donors (Lipinski definition) is 1. The molecule has 0 aliphatic carbocycles. The molecule has 0 saturated carbocycles. The molecule has 1 amide bonds. The van der Waals surface area contributed by atoms with Gasteiger partial charge in [-0.05, 0) is 43.7 Å². The number of carbonyl (C=O) groups excluding carboxylic acids is 1.